The van der Waals surface area contributed by atoms with Crippen LogP contribution in [0, 0.1) is 0 Å². The van der Waals surface area contributed by atoms with Crippen molar-refractivity contribution in [2.24, 2.45) is 0 Å². The molecule has 4 heteroatoms. The van der Waals surface area contributed by atoms with Gasteiger partial charge in [-0.1, -0.05) is 72.8 Å². The number of fused-ring (bicyclic) bond motifs is 4. The van der Waals surface area contributed by atoms with Gasteiger partial charge in [0.15, 0.2) is 0 Å². The highest BCUT2D eigenvalue weighted by Gasteiger charge is 2.43. The Labute approximate surface area is 222 Å². The van der Waals surface area contributed by atoms with E-state index in [1.165, 1.54) is 39.1 Å². The van der Waals surface area contributed by atoms with Crippen LogP contribution in [-0.4, -0.2) is 6.71 Å². The number of rotatable bonds is 3. The van der Waals surface area contributed by atoms with Gasteiger partial charge in [0.05, 0.1) is 6.26 Å². The molecule has 6 aromatic rings. The van der Waals surface area contributed by atoms with Gasteiger partial charge in [-0.15, -0.1) is 0 Å². The lowest BCUT2D eigenvalue weighted by molar-refractivity contribution is 0.582. The van der Waals surface area contributed by atoms with Gasteiger partial charge in [-0.05, 0) is 77.1 Å². The molecule has 3 nitrogen and oxygen atoms in total. The Morgan fingerprint density at radius 1 is 0.474 bits per heavy atom. The van der Waals surface area contributed by atoms with Gasteiger partial charge in [-0.25, -0.2) is 0 Å². The van der Waals surface area contributed by atoms with E-state index in [0.29, 0.717) is 0 Å². The van der Waals surface area contributed by atoms with Crippen LogP contribution in [0.3, 0.4) is 0 Å². The van der Waals surface area contributed by atoms with Crippen molar-refractivity contribution in [2.75, 3.05) is 9.80 Å². The van der Waals surface area contributed by atoms with E-state index in [0.717, 1.165) is 22.7 Å². The molecular formula is C34H23BN2O. The van der Waals surface area contributed by atoms with Crippen molar-refractivity contribution < 1.29 is 4.42 Å². The van der Waals surface area contributed by atoms with Crippen LogP contribution >= 0.6 is 0 Å². The zero-order valence-electron chi connectivity index (χ0n) is 20.7. The first kappa shape index (κ1) is 21.2. The Kier molecular flexibility index (Phi) is 4.62. The first-order chi connectivity index (χ1) is 18.9. The highest BCUT2D eigenvalue weighted by molar-refractivity contribution is 7.00. The van der Waals surface area contributed by atoms with Crippen molar-refractivity contribution in [1.29, 1.82) is 0 Å². The summed E-state index contributed by atoms with van der Waals surface area (Å²) in [6, 6.07) is 47.6. The number of para-hydroxylation sites is 4. The Bertz CT molecular complexity index is 1670. The molecule has 0 fully saturated rings. The van der Waals surface area contributed by atoms with Gasteiger partial charge in [0, 0.05) is 39.7 Å². The maximum Gasteiger partial charge on any atom is 0.252 e. The highest BCUT2D eigenvalue weighted by Crippen LogP contribution is 2.45. The molecule has 2 aliphatic rings. The fourth-order valence-corrected chi connectivity index (χ4v) is 6.19. The molecule has 5 aromatic carbocycles. The van der Waals surface area contributed by atoms with E-state index in [1.54, 1.807) is 6.26 Å². The first-order valence-corrected chi connectivity index (χ1v) is 13.0. The quantitative estimate of drug-likeness (QED) is 0.250. The lowest BCUT2D eigenvalue weighted by Crippen LogP contribution is -2.61. The van der Waals surface area contributed by atoms with Crippen LogP contribution in [0.2, 0.25) is 0 Å². The fraction of sp³-hybridized carbons (Fsp3) is 0. The molecule has 0 spiro atoms. The van der Waals surface area contributed by atoms with Crippen molar-refractivity contribution >= 4 is 57.2 Å². The van der Waals surface area contributed by atoms with Gasteiger partial charge >= 0.3 is 0 Å². The topological polar surface area (TPSA) is 19.6 Å². The third-order valence-corrected chi connectivity index (χ3v) is 7.72. The smallest absolute Gasteiger partial charge is 0.252 e. The Hall–Kier alpha value is -4.96. The zero-order valence-corrected chi connectivity index (χ0v) is 20.7. The Balaban J connectivity index is 1.52. The van der Waals surface area contributed by atoms with Crippen LogP contribution in [0.25, 0.3) is 11.3 Å². The van der Waals surface area contributed by atoms with Gasteiger partial charge in [0.2, 0.25) is 0 Å². The van der Waals surface area contributed by atoms with Gasteiger partial charge in [-0.3, -0.25) is 0 Å². The highest BCUT2D eigenvalue weighted by atomic mass is 16.3. The lowest BCUT2D eigenvalue weighted by Gasteiger charge is -2.44. The predicted molar refractivity (Wildman–Crippen MR) is 158 cm³/mol. The summed E-state index contributed by atoms with van der Waals surface area (Å²) in [6.45, 7) is 0.123. The summed E-state index contributed by atoms with van der Waals surface area (Å²) in [5, 5.41) is 0. The predicted octanol–water partition coefficient (Wildman–Crippen LogP) is 7.03. The first-order valence-electron chi connectivity index (χ1n) is 13.0. The maximum atomic E-state index is 5.94. The number of hydrogen-bond donors (Lipinski definition) is 0. The Morgan fingerprint density at radius 2 is 0.974 bits per heavy atom. The molecule has 8 rings (SSSR count). The van der Waals surface area contributed by atoms with E-state index in [2.05, 4.69) is 131 Å². The second kappa shape index (κ2) is 8.29. The summed E-state index contributed by atoms with van der Waals surface area (Å²) in [6.07, 6.45) is 1.75. The molecule has 0 saturated heterocycles. The van der Waals surface area contributed by atoms with Crippen LogP contribution in [-0.2, 0) is 0 Å². The average molecular weight is 486 g/mol. The Morgan fingerprint density at radius 3 is 1.47 bits per heavy atom. The van der Waals surface area contributed by atoms with Crippen LogP contribution in [0.15, 0.2) is 144 Å². The van der Waals surface area contributed by atoms with Crippen molar-refractivity contribution in [1.82, 2.24) is 0 Å². The molecule has 0 unspecified atom stereocenters. The molecule has 0 bridgehead atoms. The van der Waals surface area contributed by atoms with E-state index in [4.69, 9.17) is 4.42 Å². The normalized spacial score (nSPS) is 13.1. The third-order valence-electron chi connectivity index (χ3n) is 7.72. The van der Waals surface area contributed by atoms with E-state index in [1.807, 2.05) is 12.1 Å². The summed E-state index contributed by atoms with van der Waals surface area (Å²) < 4.78 is 5.94. The summed E-state index contributed by atoms with van der Waals surface area (Å²) in [4.78, 5) is 4.82. The molecule has 3 heterocycles. The summed E-state index contributed by atoms with van der Waals surface area (Å²) >= 11 is 0. The lowest BCUT2D eigenvalue weighted by atomic mass is 9.33. The molecule has 0 atom stereocenters. The minimum absolute atomic E-state index is 0.123. The largest absolute Gasteiger partial charge is 0.464 e. The van der Waals surface area contributed by atoms with Gasteiger partial charge in [-0.2, -0.15) is 0 Å². The van der Waals surface area contributed by atoms with Crippen LogP contribution < -0.4 is 26.2 Å². The molecule has 0 N–H and O–H groups in total. The summed E-state index contributed by atoms with van der Waals surface area (Å²) in [5.74, 6) is 0.861. The van der Waals surface area contributed by atoms with Gasteiger partial charge < -0.3 is 14.2 Å². The molecule has 1 aromatic heterocycles. The minimum atomic E-state index is 0.123. The van der Waals surface area contributed by atoms with Crippen molar-refractivity contribution in [3.63, 3.8) is 0 Å². The molecule has 38 heavy (non-hydrogen) atoms. The SMILES string of the molecule is c1ccc(N2c3ccccc3B3c4ccccc4N(c4ccccc4)c4cc(-c5ccco5)cc2c43)cc1. The number of furan rings is 1. The second-order valence-electron chi connectivity index (χ2n) is 9.80. The van der Waals surface area contributed by atoms with E-state index < -0.39 is 0 Å². The summed E-state index contributed by atoms with van der Waals surface area (Å²) in [7, 11) is 0. The summed E-state index contributed by atoms with van der Waals surface area (Å²) in [5.41, 5.74) is 12.1. The number of benzene rings is 5. The third kappa shape index (κ3) is 3.04. The fourth-order valence-electron chi connectivity index (χ4n) is 6.19. The van der Waals surface area contributed by atoms with E-state index in [9.17, 15) is 0 Å². The van der Waals surface area contributed by atoms with E-state index >= 15 is 0 Å². The molecule has 178 valence electrons. The number of anilines is 6. The number of nitrogens with zero attached hydrogens (tertiary/aromatic N) is 2. The van der Waals surface area contributed by atoms with Crippen molar-refractivity contribution in [3.05, 3.63) is 140 Å². The zero-order chi connectivity index (χ0) is 25.1. The molecule has 0 aliphatic carbocycles. The maximum absolute atomic E-state index is 5.94. The molecule has 2 aliphatic heterocycles. The molecular weight excluding hydrogens is 463 g/mol. The van der Waals surface area contributed by atoms with Crippen LogP contribution in [0.1, 0.15) is 0 Å². The van der Waals surface area contributed by atoms with E-state index in [-0.39, 0.29) is 6.71 Å². The van der Waals surface area contributed by atoms with Crippen LogP contribution in [0.5, 0.6) is 0 Å². The van der Waals surface area contributed by atoms with Gasteiger partial charge in [0.1, 0.15) is 5.76 Å². The standard InChI is InChI=1S/C34H23BN2O/c1-3-12-25(13-4-1)36-29-18-9-7-16-27(29)35-28-17-8-10-19-30(28)37(26-14-5-2-6-15-26)32-23-24(22-31(36)34(32)35)33-20-11-21-38-33/h1-23H. The minimum Gasteiger partial charge on any atom is -0.464 e. The monoisotopic (exact) mass is 486 g/mol. The molecule has 0 amide bonds. The van der Waals surface area contributed by atoms with Crippen LogP contribution in [0.4, 0.5) is 34.1 Å². The molecule has 0 radical (unpaired) electrons. The second-order valence-corrected chi connectivity index (χ2v) is 9.80. The van der Waals surface area contributed by atoms with Crippen molar-refractivity contribution in [3.8, 4) is 11.3 Å². The molecule has 0 saturated carbocycles. The average Bonchev–Trinajstić information content (AvgIpc) is 3.53. The van der Waals surface area contributed by atoms with Gasteiger partial charge in [0.25, 0.3) is 6.71 Å². The number of hydrogen-bond acceptors (Lipinski definition) is 3. The van der Waals surface area contributed by atoms with Crippen molar-refractivity contribution in [2.45, 2.75) is 0 Å².